The molecule has 1 fully saturated rings. The second kappa shape index (κ2) is 5.98. The van der Waals surface area contributed by atoms with Gasteiger partial charge in [0.25, 0.3) is 0 Å². The average molecular weight is 252 g/mol. The molecule has 2 heterocycles. The third kappa shape index (κ3) is 3.30. The molecule has 2 nitrogen and oxygen atoms in total. The van der Waals surface area contributed by atoms with Gasteiger partial charge < -0.3 is 10.6 Å². The molecule has 2 rings (SSSR count). The Morgan fingerprint density at radius 3 is 2.71 bits per heavy atom. The minimum Gasteiger partial charge on any atom is -0.317 e. The number of aryl methyl sites for hydroxylation is 1. The van der Waals surface area contributed by atoms with Crippen LogP contribution in [0.5, 0.6) is 0 Å². The maximum absolute atomic E-state index is 3.67. The van der Waals surface area contributed by atoms with Gasteiger partial charge in [0.05, 0.1) is 0 Å². The van der Waals surface area contributed by atoms with Crippen LogP contribution in [0.25, 0.3) is 0 Å². The molecule has 1 saturated heterocycles. The molecular formula is C14H24N2S. The third-order valence-corrected chi connectivity index (χ3v) is 5.10. The smallest absolute Gasteiger partial charge is 0.0216 e. The Labute approximate surface area is 109 Å². The number of rotatable bonds is 5. The fraction of sp³-hybridized carbons (Fsp3) is 0.714. The third-order valence-electron chi connectivity index (χ3n) is 4.19. The van der Waals surface area contributed by atoms with Crippen molar-refractivity contribution >= 4 is 11.3 Å². The maximum Gasteiger partial charge on any atom is 0.0216 e. The van der Waals surface area contributed by atoms with E-state index in [1.54, 1.807) is 0 Å². The summed E-state index contributed by atoms with van der Waals surface area (Å²) in [6, 6.07) is 0. The first kappa shape index (κ1) is 13.1. The van der Waals surface area contributed by atoms with Gasteiger partial charge in [0.2, 0.25) is 0 Å². The van der Waals surface area contributed by atoms with Crippen molar-refractivity contribution in [3.05, 3.63) is 21.9 Å². The van der Waals surface area contributed by atoms with E-state index in [0.29, 0.717) is 5.41 Å². The second-order valence-electron chi connectivity index (χ2n) is 5.29. The van der Waals surface area contributed by atoms with E-state index in [1.165, 1.54) is 50.0 Å². The molecule has 0 saturated carbocycles. The number of piperidine rings is 1. The molecule has 1 aliphatic rings. The Hall–Kier alpha value is -0.380. The average Bonchev–Trinajstić information content (AvgIpc) is 2.76. The number of hydrogen-bond donors (Lipinski definition) is 2. The zero-order valence-electron chi connectivity index (χ0n) is 11.0. The van der Waals surface area contributed by atoms with Crippen LogP contribution in [0.4, 0.5) is 0 Å². The highest BCUT2D eigenvalue weighted by molar-refractivity contribution is 7.08. The summed E-state index contributed by atoms with van der Waals surface area (Å²) in [6.45, 7) is 9.11. The lowest BCUT2D eigenvalue weighted by Crippen LogP contribution is -2.42. The summed E-state index contributed by atoms with van der Waals surface area (Å²) in [5, 5.41) is 11.6. The van der Waals surface area contributed by atoms with Crippen molar-refractivity contribution < 1.29 is 0 Å². The van der Waals surface area contributed by atoms with Gasteiger partial charge in [0.15, 0.2) is 0 Å². The second-order valence-corrected chi connectivity index (χ2v) is 6.03. The maximum atomic E-state index is 3.67. The summed E-state index contributed by atoms with van der Waals surface area (Å²) in [4.78, 5) is 0. The molecular weight excluding hydrogens is 228 g/mol. The van der Waals surface area contributed by atoms with Crippen LogP contribution in [0.1, 0.15) is 37.3 Å². The fourth-order valence-corrected chi connectivity index (χ4v) is 3.50. The van der Waals surface area contributed by atoms with Gasteiger partial charge in [0, 0.05) is 13.1 Å². The van der Waals surface area contributed by atoms with Crippen LogP contribution in [0.15, 0.2) is 10.8 Å². The summed E-state index contributed by atoms with van der Waals surface area (Å²) in [7, 11) is 0. The van der Waals surface area contributed by atoms with Crippen LogP contribution in [-0.2, 0) is 6.54 Å². The monoisotopic (exact) mass is 252 g/mol. The highest BCUT2D eigenvalue weighted by Crippen LogP contribution is 2.31. The minimum atomic E-state index is 0.537. The van der Waals surface area contributed by atoms with Gasteiger partial charge in [-0.05, 0) is 66.6 Å². The minimum absolute atomic E-state index is 0.537. The topological polar surface area (TPSA) is 24.1 Å². The summed E-state index contributed by atoms with van der Waals surface area (Å²) in [5.41, 5.74) is 3.43. The summed E-state index contributed by atoms with van der Waals surface area (Å²) >= 11 is 1.81. The predicted octanol–water partition coefficient (Wildman–Crippen LogP) is 2.93. The molecule has 0 unspecified atom stereocenters. The van der Waals surface area contributed by atoms with Gasteiger partial charge in [-0.2, -0.15) is 11.3 Å². The SMILES string of the molecule is CCC1(CNCc2cscc2C)CCNCC1. The van der Waals surface area contributed by atoms with Crippen LogP contribution < -0.4 is 10.6 Å². The molecule has 1 aromatic rings. The standard InChI is InChI=1S/C14H24N2S/c1-3-14(4-6-15-7-5-14)11-16-8-13-10-17-9-12(13)2/h9-10,15-16H,3-8,11H2,1-2H3. The van der Waals surface area contributed by atoms with E-state index in [9.17, 15) is 0 Å². The Morgan fingerprint density at radius 1 is 1.35 bits per heavy atom. The molecule has 0 spiro atoms. The molecule has 0 aliphatic carbocycles. The molecule has 1 aromatic heterocycles. The van der Waals surface area contributed by atoms with E-state index in [-0.39, 0.29) is 0 Å². The van der Waals surface area contributed by atoms with Gasteiger partial charge in [-0.1, -0.05) is 6.92 Å². The quantitative estimate of drug-likeness (QED) is 0.842. The molecule has 96 valence electrons. The van der Waals surface area contributed by atoms with E-state index in [1.807, 2.05) is 11.3 Å². The highest BCUT2D eigenvalue weighted by atomic mass is 32.1. The zero-order valence-corrected chi connectivity index (χ0v) is 11.8. The first-order valence-corrected chi connectivity index (χ1v) is 7.63. The van der Waals surface area contributed by atoms with Gasteiger partial charge in [-0.3, -0.25) is 0 Å². The van der Waals surface area contributed by atoms with Crippen LogP contribution in [0, 0.1) is 12.3 Å². The van der Waals surface area contributed by atoms with Gasteiger partial charge in [-0.15, -0.1) is 0 Å². The van der Waals surface area contributed by atoms with Gasteiger partial charge in [0.1, 0.15) is 0 Å². The van der Waals surface area contributed by atoms with Crippen molar-refractivity contribution in [2.45, 2.75) is 39.7 Å². The van der Waals surface area contributed by atoms with Crippen LogP contribution in [-0.4, -0.2) is 19.6 Å². The fourth-order valence-electron chi connectivity index (χ4n) is 2.64. The summed E-state index contributed by atoms with van der Waals surface area (Å²) in [5.74, 6) is 0. The van der Waals surface area contributed by atoms with E-state index in [2.05, 4.69) is 35.2 Å². The van der Waals surface area contributed by atoms with Crippen molar-refractivity contribution in [2.75, 3.05) is 19.6 Å². The lowest BCUT2D eigenvalue weighted by molar-refractivity contribution is 0.185. The molecule has 0 amide bonds. The molecule has 2 N–H and O–H groups in total. The van der Waals surface area contributed by atoms with E-state index in [0.717, 1.165) is 6.54 Å². The number of hydrogen-bond acceptors (Lipinski definition) is 3. The van der Waals surface area contributed by atoms with E-state index < -0.39 is 0 Å². The van der Waals surface area contributed by atoms with Crippen LogP contribution in [0.2, 0.25) is 0 Å². The molecule has 0 bridgehead atoms. The Morgan fingerprint density at radius 2 is 2.12 bits per heavy atom. The van der Waals surface area contributed by atoms with E-state index in [4.69, 9.17) is 0 Å². The van der Waals surface area contributed by atoms with Crippen molar-refractivity contribution in [2.24, 2.45) is 5.41 Å². The summed E-state index contributed by atoms with van der Waals surface area (Å²) < 4.78 is 0. The molecule has 0 radical (unpaired) electrons. The lowest BCUT2D eigenvalue weighted by atomic mass is 9.76. The molecule has 3 heteroatoms. The highest BCUT2D eigenvalue weighted by Gasteiger charge is 2.29. The van der Waals surface area contributed by atoms with Crippen molar-refractivity contribution in [3.8, 4) is 0 Å². The predicted molar refractivity (Wildman–Crippen MR) is 75.6 cm³/mol. The molecule has 0 aromatic carbocycles. The molecule has 0 atom stereocenters. The normalized spacial score (nSPS) is 19.4. The number of thiophene rings is 1. The van der Waals surface area contributed by atoms with Crippen LogP contribution >= 0.6 is 11.3 Å². The Balaban J connectivity index is 1.82. The summed E-state index contributed by atoms with van der Waals surface area (Å²) in [6.07, 6.45) is 3.93. The largest absolute Gasteiger partial charge is 0.317 e. The Kier molecular flexibility index (Phi) is 4.60. The van der Waals surface area contributed by atoms with Crippen molar-refractivity contribution in [1.82, 2.24) is 10.6 Å². The Bertz CT molecular complexity index is 340. The van der Waals surface area contributed by atoms with Crippen molar-refractivity contribution in [3.63, 3.8) is 0 Å². The lowest BCUT2D eigenvalue weighted by Gasteiger charge is -2.37. The number of nitrogens with one attached hydrogen (secondary N) is 2. The molecule has 17 heavy (non-hydrogen) atoms. The van der Waals surface area contributed by atoms with Gasteiger partial charge >= 0.3 is 0 Å². The van der Waals surface area contributed by atoms with Crippen molar-refractivity contribution in [1.29, 1.82) is 0 Å². The zero-order chi connectivity index (χ0) is 12.1. The molecule has 1 aliphatic heterocycles. The van der Waals surface area contributed by atoms with E-state index >= 15 is 0 Å². The first-order valence-electron chi connectivity index (χ1n) is 6.69. The van der Waals surface area contributed by atoms with Crippen LogP contribution in [0.3, 0.4) is 0 Å². The first-order chi connectivity index (χ1) is 8.26. The van der Waals surface area contributed by atoms with Gasteiger partial charge in [-0.25, -0.2) is 0 Å².